The normalized spacial score (nSPS) is 10.5. The Morgan fingerprint density at radius 3 is 2.50 bits per heavy atom. The van der Waals surface area contributed by atoms with Gasteiger partial charge in [-0.1, -0.05) is 41.4 Å². The van der Waals surface area contributed by atoms with Crippen molar-refractivity contribution in [1.82, 2.24) is 0 Å². The second-order valence-corrected chi connectivity index (χ2v) is 3.30. The van der Waals surface area contributed by atoms with E-state index in [0.29, 0.717) is 10.0 Å². The average molecular weight is 196 g/mol. The molecule has 0 spiro atoms. The van der Waals surface area contributed by atoms with Crippen molar-refractivity contribution in [3.05, 3.63) is 46.4 Å². The quantitative estimate of drug-likeness (QED) is 0.598. The molecule has 2 aromatic carbocycles. The van der Waals surface area contributed by atoms with Crippen LogP contribution in [0.4, 0.5) is 0 Å². The van der Waals surface area contributed by atoms with Crippen LogP contribution in [-0.4, -0.2) is 0 Å². The van der Waals surface area contributed by atoms with Gasteiger partial charge in [-0.3, -0.25) is 0 Å². The maximum Gasteiger partial charge on any atom is 0.0491 e. The van der Waals surface area contributed by atoms with E-state index in [1.54, 1.807) is 12.1 Å². The molecule has 2 heteroatoms. The van der Waals surface area contributed by atoms with Crippen LogP contribution in [0.1, 0.15) is 0 Å². The summed E-state index contributed by atoms with van der Waals surface area (Å²) in [5.74, 6) is 0. The van der Waals surface area contributed by atoms with Crippen molar-refractivity contribution in [3.8, 4) is 0 Å². The van der Waals surface area contributed by atoms with E-state index in [1.807, 2.05) is 18.2 Å². The Bertz CT molecular complexity index is 381. The zero-order chi connectivity index (χ0) is 8.55. The van der Waals surface area contributed by atoms with Gasteiger partial charge in [0.05, 0.1) is 0 Å². The second kappa shape index (κ2) is 2.96. The Balaban J connectivity index is 2.95. The van der Waals surface area contributed by atoms with Gasteiger partial charge in [0.15, 0.2) is 0 Å². The van der Waals surface area contributed by atoms with Crippen LogP contribution < -0.4 is 0 Å². The van der Waals surface area contributed by atoms with E-state index in [1.165, 1.54) is 0 Å². The SMILES string of the molecule is Clc1ccc(Cl)c2ccc[c]c12. The number of hydrogen-bond donors (Lipinski definition) is 0. The molecule has 12 heavy (non-hydrogen) atoms. The molecule has 2 aromatic rings. The number of hydrogen-bond acceptors (Lipinski definition) is 0. The maximum atomic E-state index is 5.95. The van der Waals surface area contributed by atoms with Crippen LogP contribution >= 0.6 is 23.2 Å². The fourth-order valence-electron chi connectivity index (χ4n) is 1.15. The molecule has 0 amide bonds. The summed E-state index contributed by atoms with van der Waals surface area (Å²) in [5.41, 5.74) is 0. The first-order valence-corrected chi connectivity index (χ1v) is 4.29. The highest BCUT2D eigenvalue weighted by Gasteiger charge is 2.00. The molecule has 0 N–H and O–H groups in total. The van der Waals surface area contributed by atoms with Gasteiger partial charge in [-0.2, -0.15) is 0 Å². The molecule has 0 saturated carbocycles. The number of fused-ring (bicyclic) bond motifs is 1. The van der Waals surface area contributed by atoms with E-state index in [2.05, 4.69) is 6.07 Å². The molecule has 0 bridgehead atoms. The minimum absolute atomic E-state index is 0.690. The van der Waals surface area contributed by atoms with Crippen molar-refractivity contribution in [3.63, 3.8) is 0 Å². The van der Waals surface area contributed by atoms with Crippen molar-refractivity contribution in [2.24, 2.45) is 0 Å². The summed E-state index contributed by atoms with van der Waals surface area (Å²) in [5, 5.41) is 3.24. The summed E-state index contributed by atoms with van der Waals surface area (Å²) >= 11 is 11.9. The average Bonchev–Trinajstić information content (AvgIpc) is 2.12. The predicted octanol–water partition coefficient (Wildman–Crippen LogP) is 3.95. The molecule has 0 aliphatic carbocycles. The summed E-state index contributed by atoms with van der Waals surface area (Å²) in [4.78, 5) is 0. The lowest BCUT2D eigenvalue weighted by Crippen LogP contribution is -1.74. The lowest BCUT2D eigenvalue weighted by molar-refractivity contribution is 1.73. The fourth-order valence-corrected chi connectivity index (χ4v) is 1.59. The van der Waals surface area contributed by atoms with Gasteiger partial charge in [0, 0.05) is 20.8 Å². The third-order valence-electron chi connectivity index (χ3n) is 1.73. The first-order valence-electron chi connectivity index (χ1n) is 3.53. The van der Waals surface area contributed by atoms with Crippen molar-refractivity contribution in [2.45, 2.75) is 0 Å². The van der Waals surface area contributed by atoms with Gasteiger partial charge in [-0.25, -0.2) is 0 Å². The lowest BCUT2D eigenvalue weighted by atomic mass is 10.1. The van der Waals surface area contributed by atoms with Gasteiger partial charge in [0.2, 0.25) is 0 Å². The van der Waals surface area contributed by atoms with Crippen LogP contribution in [0.15, 0.2) is 30.3 Å². The van der Waals surface area contributed by atoms with E-state index in [4.69, 9.17) is 23.2 Å². The summed E-state index contributed by atoms with van der Waals surface area (Å²) in [7, 11) is 0. The van der Waals surface area contributed by atoms with Crippen LogP contribution in [0.2, 0.25) is 10.0 Å². The first kappa shape index (κ1) is 7.90. The van der Waals surface area contributed by atoms with Crippen LogP contribution in [0.3, 0.4) is 0 Å². The largest absolute Gasteiger partial charge is 0.0837 e. The molecule has 0 saturated heterocycles. The summed E-state index contributed by atoms with van der Waals surface area (Å²) in [6.07, 6.45) is 0. The van der Waals surface area contributed by atoms with E-state index in [0.717, 1.165) is 10.8 Å². The van der Waals surface area contributed by atoms with Gasteiger partial charge in [-0.15, -0.1) is 0 Å². The van der Waals surface area contributed by atoms with E-state index in [9.17, 15) is 0 Å². The Kier molecular flexibility index (Phi) is 1.95. The van der Waals surface area contributed by atoms with Crippen LogP contribution in [0.5, 0.6) is 0 Å². The van der Waals surface area contributed by atoms with Crippen molar-refractivity contribution >= 4 is 34.0 Å². The highest BCUT2D eigenvalue weighted by molar-refractivity contribution is 6.40. The standard InChI is InChI=1S/C10H5Cl2/c11-9-5-6-10(12)8-4-2-1-3-7(8)9/h1-3,5-6H. The van der Waals surface area contributed by atoms with Crippen molar-refractivity contribution < 1.29 is 0 Å². The van der Waals surface area contributed by atoms with Gasteiger partial charge >= 0.3 is 0 Å². The van der Waals surface area contributed by atoms with Gasteiger partial charge in [0.1, 0.15) is 0 Å². The molecule has 1 radical (unpaired) electrons. The molecule has 0 aromatic heterocycles. The van der Waals surface area contributed by atoms with Gasteiger partial charge < -0.3 is 0 Å². The van der Waals surface area contributed by atoms with Crippen molar-refractivity contribution in [2.75, 3.05) is 0 Å². The first-order chi connectivity index (χ1) is 5.79. The van der Waals surface area contributed by atoms with Crippen molar-refractivity contribution in [1.29, 1.82) is 0 Å². The molecule has 0 fully saturated rings. The summed E-state index contributed by atoms with van der Waals surface area (Å²) < 4.78 is 0. The number of benzene rings is 2. The fraction of sp³-hybridized carbons (Fsp3) is 0. The molecular formula is C10H5Cl2. The molecular weight excluding hydrogens is 191 g/mol. The maximum absolute atomic E-state index is 5.95. The molecule has 0 atom stereocenters. The molecule has 59 valence electrons. The zero-order valence-electron chi connectivity index (χ0n) is 6.14. The third-order valence-corrected chi connectivity index (χ3v) is 2.37. The number of halogens is 2. The molecule has 0 unspecified atom stereocenters. The highest BCUT2D eigenvalue weighted by Crippen LogP contribution is 2.28. The van der Waals surface area contributed by atoms with E-state index in [-0.39, 0.29) is 0 Å². The molecule has 0 nitrogen and oxygen atoms in total. The Morgan fingerprint density at radius 2 is 1.75 bits per heavy atom. The predicted molar refractivity (Wildman–Crippen MR) is 52.8 cm³/mol. The summed E-state index contributed by atoms with van der Waals surface area (Å²) in [6, 6.07) is 12.3. The smallest absolute Gasteiger partial charge is 0.0491 e. The Hall–Kier alpha value is -0.720. The zero-order valence-corrected chi connectivity index (χ0v) is 7.65. The van der Waals surface area contributed by atoms with Crippen LogP contribution in [-0.2, 0) is 0 Å². The minimum Gasteiger partial charge on any atom is -0.0837 e. The molecule has 0 aliphatic rings. The third kappa shape index (κ3) is 1.17. The number of rotatable bonds is 0. The Morgan fingerprint density at radius 1 is 1.00 bits per heavy atom. The molecule has 0 aliphatic heterocycles. The van der Waals surface area contributed by atoms with Gasteiger partial charge in [0.25, 0.3) is 0 Å². The molecule has 0 heterocycles. The monoisotopic (exact) mass is 195 g/mol. The minimum atomic E-state index is 0.690. The van der Waals surface area contributed by atoms with Crippen LogP contribution in [0, 0.1) is 6.07 Å². The van der Waals surface area contributed by atoms with E-state index < -0.39 is 0 Å². The highest BCUT2D eigenvalue weighted by atomic mass is 35.5. The molecule has 2 rings (SSSR count). The Labute approximate surface area is 80.7 Å². The topological polar surface area (TPSA) is 0 Å². The van der Waals surface area contributed by atoms with Crippen LogP contribution in [0.25, 0.3) is 10.8 Å². The van der Waals surface area contributed by atoms with E-state index >= 15 is 0 Å². The summed E-state index contributed by atoms with van der Waals surface area (Å²) in [6.45, 7) is 0. The second-order valence-electron chi connectivity index (χ2n) is 2.49. The van der Waals surface area contributed by atoms with Gasteiger partial charge in [-0.05, 0) is 18.2 Å². The lowest BCUT2D eigenvalue weighted by Gasteiger charge is -2.00.